The van der Waals surface area contributed by atoms with E-state index in [1.165, 1.54) is 8.61 Å². The first-order chi connectivity index (χ1) is 9.59. The van der Waals surface area contributed by atoms with E-state index in [1.807, 2.05) is 0 Å². The summed E-state index contributed by atoms with van der Waals surface area (Å²) in [6.45, 7) is 3.86. The van der Waals surface area contributed by atoms with Gasteiger partial charge in [0.25, 0.3) is 0 Å². The Balaban J connectivity index is 2.09. The zero-order chi connectivity index (χ0) is 15.8. The lowest BCUT2D eigenvalue weighted by atomic mass is 10.3. The van der Waals surface area contributed by atoms with Gasteiger partial charge in [0.1, 0.15) is 5.75 Å². The fourth-order valence-corrected chi connectivity index (χ4v) is 5.02. The third-order valence-corrected chi connectivity index (χ3v) is 6.51. The molecular weight excluding hydrogens is 318 g/mol. The van der Waals surface area contributed by atoms with Gasteiger partial charge in [0.2, 0.25) is 20.0 Å². The maximum atomic E-state index is 12.3. The molecule has 2 rings (SSSR count). The van der Waals surface area contributed by atoms with Crippen molar-refractivity contribution in [3.8, 4) is 0 Å². The van der Waals surface area contributed by atoms with Gasteiger partial charge < -0.3 is 4.52 Å². The van der Waals surface area contributed by atoms with Crippen molar-refractivity contribution < 1.29 is 21.4 Å². The molecule has 0 unspecified atom stereocenters. The maximum absolute atomic E-state index is 12.3. The van der Waals surface area contributed by atoms with Crippen molar-refractivity contribution in [2.24, 2.45) is 0 Å². The molecule has 1 aliphatic rings. The maximum Gasteiger partial charge on any atom is 0.221 e. The van der Waals surface area contributed by atoms with Crippen LogP contribution in [0.1, 0.15) is 18.4 Å². The molecule has 1 aliphatic heterocycles. The first-order valence-electron chi connectivity index (χ1n) is 6.46. The van der Waals surface area contributed by atoms with Crippen LogP contribution in [0.3, 0.4) is 0 Å². The van der Waals surface area contributed by atoms with E-state index in [4.69, 9.17) is 4.52 Å². The molecule has 1 saturated heterocycles. The molecule has 21 heavy (non-hydrogen) atoms. The Labute approximate surface area is 124 Å². The summed E-state index contributed by atoms with van der Waals surface area (Å²) in [4.78, 5) is 0. The lowest BCUT2D eigenvalue weighted by Gasteiger charge is -2.37. The van der Waals surface area contributed by atoms with E-state index in [9.17, 15) is 16.8 Å². The van der Waals surface area contributed by atoms with E-state index < -0.39 is 20.0 Å². The van der Waals surface area contributed by atoms with Crippen LogP contribution in [0.5, 0.6) is 0 Å². The van der Waals surface area contributed by atoms with E-state index in [0.29, 0.717) is 5.69 Å². The van der Waals surface area contributed by atoms with E-state index >= 15 is 0 Å². The van der Waals surface area contributed by atoms with E-state index in [1.54, 1.807) is 19.9 Å². The van der Waals surface area contributed by atoms with Crippen LogP contribution in [-0.2, 0) is 25.8 Å². The highest BCUT2D eigenvalue weighted by molar-refractivity contribution is 7.88. The Bertz CT molecular complexity index is 710. The third-order valence-electron chi connectivity index (χ3n) is 3.35. The van der Waals surface area contributed by atoms with Gasteiger partial charge in [-0.3, -0.25) is 0 Å². The minimum absolute atomic E-state index is 0.141. The number of rotatable bonds is 4. The molecule has 2 heterocycles. The van der Waals surface area contributed by atoms with Crippen LogP contribution in [-0.4, -0.2) is 62.5 Å². The average Bonchev–Trinajstić information content (AvgIpc) is 2.72. The molecule has 1 aromatic rings. The predicted molar refractivity (Wildman–Crippen MR) is 76.4 cm³/mol. The van der Waals surface area contributed by atoms with Gasteiger partial charge >= 0.3 is 0 Å². The Morgan fingerprint density at radius 3 is 2.48 bits per heavy atom. The summed E-state index contributed by atoms with van der Waals surface area (Å²) in [6.07, 6.45) is 1.13. The van der Waals surface area contributed by atoms with Crippen LogP contribution < -0.4 is 0 Å². The standard InChI is InChI=1S/C11H19N3O5S2/c1-9-6-11(19-12-9)8-21(17,18)13-4-5-14(10(2)7-13)20(3,15)16/h6,10H,4-5,7-8H2,1-3H3/t10-/m0/s1. The topological polar surface area (TPSA) is 101 Å². The fourth-order valence-electron chi connectivity index (χ4n) is 2.41. The van der Waals surface area contributed by atoms with Crippen LogP contribution in [0.25, 0.3) is 0 Å². The van der Waals surface area contributed by atoms with E-state index in [2.05, 4.69) is 5.16 Å². The molecule has 0 aromatic carbocycles. The van der Waals surface area contributed by atoms with Crippen LogP contribution in [0.15, 0.2) is 10.6 Å². The molecule has 1 atom stereocenters. The highest BCUT2D eigenvalue weighted by Gasteiger charge is 2.35. The summed E-state index contributed by atoms with van der Waals surface area (Å²) < 4.78 is 55.4. The Hall–Kier alpha value is -0.970. The van der Waals surface area contributed by atoms with Crippen LogP contribution in [0, 0.1) is 6.92 Å². The minimum atomic E-state index is -3.55. The van der Waals surface area contributed by atoms with Crippen LogP contribution >= 0.6 is 0 Å². The van der Waals surface area contributed by atoms with Crippen molar-refractivity contribution >= 4 is 20.0 Å². The number of sulfonamides is 2. The Morgan fingerprint density at radius 1 is 1.33 bits per heavy atom. The van der Waals surface area contributed by atoms with Crippen molar-refractivity contribution in [3.63, 3.8) is 0 Å². The van der Waals surface area contributed by atoms with Gasteiger partial charge in [0, 0.05) is 31.7 Å². The smallest absolute Gasteiger partial charge is 0.221 e. The third kappa shape index (κ3) is 3.82. The number of hydrogen-bond donors (Lipinski definition) is 0. The average molecular weight is 337 g/mol. The second kappa shape index (κ2) is 5.67. The Kier molecular flexibility index (Phi) is 4.43. The monoisotopic (exact) mass is 337 g/mol. The molecular formula is C11H19N3O5S2. The summed E-state index contributed by atoms with van der Waals surface area (Å²) in [6, 6.07) is 1.19. The second-order valence-electron chi connectivity index (χ2n) is 5.27. The molecule has 0 bridgehead atoms. The largest absolute Gasteiger partial charge is 0.360 e. The minimum Gasteiger partial charge on any atom is -0.360 e. The number of aromatic nitrogens is 1. The van der Waals surface area contributed by atoms with Crippen molar-refractivity contribution in [2.45, 2.75) is 25.6 Å². The molecule has 1 fully saturated rings. The first-order valence-corrected chi connectivity index (χ1v) is 9.92. The lowest BCUT2D eigenvalue weighted by molar-refractivity contribution is 0.213. The molecule has 8 nitrogen and oxygen atoms in total. The SMILES string of the molecule is Cc1cc(CS(=O)(=O)N2CCN(S(C)(=O)=O)[C@@H](C)C2)on1. The number of piperazine rings is 1. The van der Waals surface area contributed by atoms with Crippen LogP contribution in [0.4, 0.5) is 0 Å². The van der Waals surface area contributed by atoms with Gasteiger partial charge in [-0.2, -0.15) is 8.61 Å². The normalized spacial score (nSPS) is 22.5. The molecule has 120 valence electrons. The van der Waals surface area contributed by atoms with Gasteiger partial charge in [-0.1, -0.05) is 5.16 Å². The van der Waals surface area contributed by atoms with E-state index in [0.717, 1.165) is 6.26 Å². The van der Waals surface area contributed by atoms with Crippen molar-refractivity contribution in [3.05, 3.63) is 17.5 Å². The second-order valence-corrected chi connectivity index (χ2v) is 9.18. The summed E-state index contributed by atoms with van der Waals surface area (Å²) in [5.41, 5.74) is 0.621. The molecule has 10 heteroatoms. The predicted octanol–water partition coefficient (Wildman–Crippen LogP) is -0.221. The van der Waals surface area contributed by atoms with Gasteiger partial charge in [-0.05, 0) is 13.8 Å². The lowest BCUT2D eigenvalue weighted by Crippen LogP contribution is -2.55. The van der Waals surface area contributed by atoms with Crippen molar-refractivity contribution in [1.82, 2.24) is 13.8 Å². The zero-order valence-electron chi connectivity index (χ0n) is 12.2. The summed E-state index contributed by atoms with van der Waals surface area (Å²) in [7, 11) is -6.86. The summed E-state index contributed by atoms with van der Waals surface area (Å²) >= 11 is 0. The quantitative estimate of drug-likeness (QED) is 0.753. The summed E-state index contributed by atoms with van der Waals surface area (Å²) in [5.74, 6) is 0.0186. The van der Waals surface area contributed by atoms with Gasteiger partial charge in [-0.15, -0.1) is 0 Å². The number of hydrogen-bond acceptors (Lipinski definition) is 6. The van der Waals surface area contributed by atoms with Crippen molar-refractivity contribution in [1.29, 1.82) is 0 Å². The molecule has 0 N–H and O–H groups in total. The molecule has 0 amide bonds. The Morgan fingerprint density at radius 2 is 2.00 bits per heavy atom. The highest BCUT2D eigenvalue weighted by atomic mass is 32.2. The van der Waals surface area contributed by atoms with E-state index in [-0.39, 0.29) is 37.2 Å². The summed E-state index contributed by atoms with van der Waals surface area (Å²) in [5, 5.41) is 3.66. The van der Waals surface area contributed by atoms with Crippen molar-refractivity contribution in [2.75, 3.05) is 25.9 Å². The van der Waals surface area contributed by atoms with Crippen LogP contribution in [0.2, 0.25) is 0 Å². The highest BCUT2D eigenvalue weighted by Crippen LogP contribution is 2.19. The number of nitrogens with zero attached hydrogens (tertiary/aromatic N) is 3. The first kappa shape index (κ1) is 16.4. The number of aryl methyl sites for hydroxylation is 1. The molecule has 0 saturated carbocycles. The van der Waals surface area contributed by atoms with Gasteiger partial charge in [0.15, 0.2) is 5.76 Å². The van der Waals surface area contributed by atoms with Gasteiger partial charge in [-0.25, -0.2) is 16.8 Å². The fraction of sp³-hybridized carbons (Fsp3) is 0.727. The molecule has 0 radical (unpaired) electrons. The molecule has 0 aliphatic carbocycles. The zero-order valence-corrected chi connectivity index (χ0v) is 13.8. The molecule has 0 spiro atoms. The van der Waals surface area contributed by atoms with Gasteiger partial charge in [0.05, 0.1) is 11.9 Å². The molecule has 1 aromatic heterocycles.